The molecule has 0 aromatic heterocycles. The van der Waals surface area contributed by atoms with Crippen LogP contribution in [0.25, 0.3) is 0 Å². The summed E-state index contributed by atoms with van der Waals surface area (Å²) < 4.78 is 110. The van der Waals surface area contributed by atoms with Gasteiger partial charge in [0.05, 0.1) is 0 Å². The van der Waals surface area contributed by atoms with Gasteiger partial charge in [0.15, 0.2) is 0 Å². The monoisotopic (exact) mass is 305 g/mol. The molecule has 0 spiro atoms. The SMILES string of the molecule is O=S(=O)(PS(=O)(=O)C(F)(F)F)C(F)(F)F.[Li+]. The molecule has 92 valence electrons. The van der Waals surface area contributed by atoms with Gasteiger partial charge in [-0.2, -0.15) is 26.3 Å². The van der Waals surface area contributed by atoms with Gasteiger partial charge in [0.2, 0.25) is 0 Å². The molecule has 0 fully saturated rings. The predicted molar refractivity (Wildman–Crippen MR) is 38.3 cm³/mol. The van der Waals surface area contributed by atoms with Crippen LogP contribution in [0.4, 0.5) is 26.3 Å². The number of halogens is 6. The molecule has 0 amide bonds. The second-order valence-corrected chi connectivity index (χ2v) is 10.3. The van der Waals surface area contributed by atoms with Crippen LogP contribution >= 0.6 is 6.98 Å². The molecule has 0 saturated heterocycles. The number of alkyl halides is 6. The first-order valence-corrected chi connectivity index (χ1v) is 8.03. The average Bonchev–Trinajstić information content (AvgIpc) is 1.77. The molecule has 0 radical (unpaired) electrons. The summed E-state index contributed by atoms with van der Waals surface area (Å²) in [6.07, 6.45) is 0. The van der Waals surface area contributed by atoms with Crippen LogP contribution in [-0.4, -0.2) is 27.9 Å². The molecule has 0 aliphatic heterocycles. The summed E-state index contributed by atoms with van der Waals surface area (Å²) in [7, 11) is -12.6. The summed E-state index contributed by atoms with van der Waals surface area (Å²) in [6.45, 7) is -3.32. The summed E-state index contributed by atoms with van der Waals surface area (Å²) >= 11 is 0. The maximum atomic E-state index is 11.5. The van der Waals surface area contributed by atoms with Crippen LogP contribution in [0.3, 0.4) is 0 Å². The van der Waals surface area contributed by atoms with Crippen molar-refractivity contribution < 1.29 is 62.0 Å². The minimum Gasteiger partial charge on any atom is -0.215 e. The van der Waals surface area contributed by atoms with E-state index in [4.69, 9.17) is 0 Å². The van der Waals surface area contributed by atoms with Crippen molar-refractivity contribution in [1.82, 2.24) is 0 Å². The molecule has 0 heterocycles. The van der Waals surface area contributed by atoms with Gasteiger partial charge in [0, 0.05) is 0 Å². The van der Waals surface area contributed by atoms with Crippen LogP contribution in [-0.2, 0) is 18.9 Å². The first-order chi connectivity index (χ1) is 6.21. The Labute approximate surface area is 99.1 Å². The Balaban J connectivity index is 0. The molecular weight excluding hydrogens is 304 g/mol. The fourth-order valence-corrected chi connectivity index (χ4v) is 6.45. The fraction of sp³-hybridized carbons (Fsp3) is 1.00. The molecule has 0 rings (SSSR count). The summed E-state index contributed by atoms with van der Waals surface area (Å²) in [5.41, 5.74) is -12.0. The molecule has 14 heteroatoms. The Morgan fingerprint density at radius 1 is 0.688 bits per heavy atom. The third-order valence-electron chi connectivity index (χ3n) is 0.829. The van der Waals surface area contributed by atoms with Crippen LogP contribution in [0, 0.1) is 0 Å². The van der Waals surface area contributed by atoms with Gasteiger partial charge in [0.25, 0.3) is 18.9 Å². The van der Waals surface area contributed by atoms with Crippen molar-refractivity contribution in [1.29, 1.82) is 0 Å². The molecule has 4 nitrogen and oxygen atoms in total. The smallest absolute Gasteiger partial charge is 0.215 e. The van der Waals surface area contributed by atoms with E-state index in [2.05, 4.69) is 0 Å². The van der Waals surface area contributed by atoms with Crippen molar-refractivity contribution in [2.75, 3.05) is 0 Å². The van der Waals surface area contributed by atoms with Crippen LogP contribution in [0.1, 0.15) is 0 Å². The Kier molecular flexibility index (Phi) is 5.91. The van der Waals surface area contributed by atoms with E-state index in [1.165, 1.54) is 0 Å². The molecule has 0 N–H and O–H groups in total. The van der Waals surface area contributed by atoms with E-state index in [1.54, 1.807) is 0 Å². The third kappa shape index (κ3) is 4.41. The van der Waals surface area contributed by atoms with Crippen molar-refractivity contribution in [3.05, 3.63) is 0 Å². The van der Waals surface area contributed by atoms with E-state index < -0.39 is 36.9 Å². The number of hydrogen-bond acceptors (Lipinski definition) is 4. The molecule has 0 unspecified atom stereocenters. The van der Waals surface area contributed by atoms with Gasteiger partial charge in [-0.1, -0.05) is 0 Å². The Morgan fingerprint density at radius 2 is 0.875 bits per heavy atom. The topological polar surface area (TPSA) is 68.3 Å². The van der Waals surface area contributed by atoms with Crippen LogP contribution in [0.15, 0.2) is 0 Å². The second kappa shape index (κ2) is 5.02. The van der Waals surface area contributed by atoms with Crippen LogP contribution < -0.4 is 18.9 Å². The van der Waals surface area contributed by atoms with Crippen LogP contribution in [0.5, 0.6) is 0 Å². The standard InChI is InChI=1S/C2HF6O4PS2.Li/c3-1(4,5)14(9,10)13-15(11,12)2(6,7)8;/h13H;/q;+1. The first kappa shape index (κ1) is 18.9. The first-order valence-electron chi connectivity index (χ1n) is 2.62. The minimum atomic E-state index is -6.32. The summed E-state index contributed by atoms with van der Waals surface area (Å²) in [4.78, 5) is 0. The predicted octanol–water partition coefficient (Wildman–Crippen LogP) is -1.63. The summed E-state index contributed by atoms with van der Waals surface area (Å²) in [6, 6.07) is 0. The summed E-state index contributed by atoms with van der Waals surface area (Å²) in [5, 5.41) is 0. The molecular formula is C2HF6LiO4PS2+. The van der Waals surface area contributed by atoms with E-state index in [0.717, 1.165) is 0 Å². The van der Waals surface area contributed by atoms with Crippen molar-refractivity contribution in [2.45, 2.75) is 11.0 Å². The Morgan fingerprint density at radius 3 is 1.00 bits per heavy atom. The van der Waals surface area contributed by atoms with E-state index in [9.17, 15) is 43.2 Å². The second-order valence-electron chi connectivity index (χ2n) is 1.98. The largest absolute Gasteiger partial charge is 1.00 e. The Hall–Kier alpha value is 0.507. The zero-order chi connectivity index (χ0) is 12.7. The van der Waals surface area contributed by atoms with Gasteiger partial charge in [0.1, 0.15) is 6.98 Å². The number of hydrogen-bond donors (Lipinski definition) is 0. The molecule has 0 saturated carbocycles. The fourth-order valence-electron chi connectivity index (χ4n) is 0.239. The van der Waals surface area contributed by atoms with Gasteiger partial charge >= 0.3 is 29.9 Å². The molecule has 0 aliphatic carbocycles. The molecule has 16 heavy (non-hydrogen) atoms. The summed E-state index contributed by atoms with van der Waals surface area (Å²) in [5.74, 6) is 0. The Bertz CT molecular complexity index is 390. The minimum absolute atomic E-state index is 0. The van der Waals surface area contributed by atoms with E-state index in [-0.39, 0.29) is 18.9 Å². The van der Waals surface area contributed by atoms with E-state index in [0.29, 0.717) is 0 Å². The van der Waals surface area contributed by atoms with Crippen molar-refractivity contribution in [3.8, 4) is 0 Å². The van der Waals surface area contributed by atoms with Crippen molar-refractivity contribution >= 4 is 25.9 Å². The van der Waals surface area contributed by atoms with Gasteiger partial charge in [-0.05, 0) is 0 Å². The molecule has 0 aliphatic rings. The van der Waals surface area contributed by atoms with Gasteiger partial charge in [-0.3, -0.25) is 0 Å². The molecule has 0 aromatic rings. The maximum absolute atomic E-state index is 11.5. The average molecular weight is 305 g/mol. The zero-order valence-electron chi connectivity index (χ0n) is 7.22. The molecule has 0 aromatic carbocycles. The van der Waals surface area contributed by atoms with E-state index in [1.807, 2.05) is 0 Å². The van der Waals surface area contributed by atoms with Crippen molar-refractivity contribution in [3.63, 3.8) is 0 Å². The van der Waals surface area contributed by atoms with E-state index >= 15 is 0 Å². The van der Waals surface area contributed by atoms with Crippen molar-refractivity contribution in [2.24, 2.45) is 0 Å². The van der Waals surface area contributed by atoms with Crippen LogP contribution in [0.2, 0.25) is 0 Å². The number of rotatable bonds is 2. The van der Waals surface area contributed by atoms with Gasteiger partial charge in [-0.15, -0.1) is 0 Å². The third-order valence-corrected chi connectivity index (χ3v) is 9.14. The molecule has 0 bridgehead atoms. The maximum Gasteiger partial charge on any atom is 1.00 e. The quantitative estimate of drug-likeness (QED) is 0.349. The molecule has 0 atom stereocenters. The normalized spacial score (nSPS) is 14.4. The van der Waals surface area contributed by atoms with Gasteiger partial charge < -0.3 is 0 Å². The van der Waals surface area contributed by atoms with Gasteiger partial charge in [-0.25, -0.2) is 16.8 Å². The zero-order valence-corrected chi connectivity index (χ0v) is 9.85.